The van der Waals surface area contributed by atoms with Gasteiger partial charge in [-0.3, -0.25) is 4.79 Å². The maximum absolute atomic E-state index is 11.9. The van der Waals surface area contributed by atoms with E-state index in [9.17, 15) is 4.79 Å². The summed E-state index contributed by atoms with van der Waals surface area (Å²) >= 11 is 3.38. The Labute approximate surface area is 121 Å². The van der Waals surface area contributed by atoms with Crippen LogP contribution in [0.2, 0.25) is 0 Å². The number of aromatic nitrogens is 2. The Balaban J connectivity index is 1.90. The predicted octanol–water partition coefficient (Wildman–Crippen LogP) is 3.29. The van der Waals surface area contributed by atoms with Crippen molar-refractivity contribution in [2.45, 2.75) is 26.8 Å². The zero-order chi connectivity index (χ0) is 13.8. The Morgan fingerprint density at radius 1 is 1.42 bits per heavy atom. The molecule has 2 aromatic rings. The first-order valence-electron chi connectivity index (χ1n) is 6.10. The Bertz CT molecular complexity index is 592. The van der Waals surface area contributed by atoms with Gasteiger partial charge in [0.1, 0.15) is 0 Å². The molecular weight excluding hydrogens is 306 g/mol. The van der Waals surface area contributed by atoms with Crippen LogP contribution in [-0.4, -0.2) is 15.5 Å². The summed E-state index contributed by atoms with van der Waals surface area (Å²) in [5.74, 6) is 0.00357. The first kappa shape index (κ1) is 13.8. The molecule has 0 saturated heterocycles. The van der Waals surface area contributed by atoms with Crippen LogP contribution in [0.4, 0.5) is 5.69 Å². The van der Waals surface area contributed by atoms with E-state index in [1.165, 1.54) is 0 Å². The molecule has 19 heavy (non-hydrogen) atoms. The molecule has 0 aliphatic carbocycles. The van der Waals surface area contributed by atoms with Gasteiger partial charge in [0.15, 0.2) is 0 Å². The molecule has 0 aliphatic rings. The van der Waals surface area contributed by atoms with Crippen LogP contribution in [0.25, 0.3) is 0 Å². The number of nitrogens with one attached hydrogen (secondary N) is 1. The fourth-order valence-electron chi connectivity index (χ4n) is 1.78. The highest BCUT2D eigenvalue weighted by Gasteiger charge is 2.06. The van der Waals surface area contributed by atoms with Crippen LogP contribution in [0.1, 0.15) is 17.8 Å². The van der Waals surface area contributed by atoms with E-state index in [1.54, 1.807) is 6.33 Å². The average molecular weight is 322 g/mol. The second-order valence-corrected chi connectivity index (χ2v) is 5.33. The number of anilines is 1. The Kier molecular flexibility index (Phi) is 4.37. The van der Waals surface area contributed by atoms with E-state index in [4.69, 9.17) is 0 Å². The maximum atomic E-state index is 11.9. The molecule has 0 spiro atoms. The summed E-state index contributed by atoms with van der Waals surface area (Å²) in [6, 6.07) is 7.57. The highest BCUT2D eigenvalue weighted by molar-refractivity contribution is 9.10. The zero-order valence-corrected chi connectivity index (χ0v) is 12.6. The summed E-state index contributed by atoms with van der Waals surface area (Å²) in [6.07, 6.45) is 2.21. The fourth-order valence-corrected chi connectivity index (χ4v) is 2.18. The second kappa shape index (κ2) is 6.02. The van der Waals surface area contributed by atoms with Crippen LogP contribution < -0.4 is 5.32 Å². The van der Waals surface area contributed by atoms with Crippen molar-refractivity contribution in [3.63, 3.8) is 0 Å². The van der Waals surface area contributed by atoms with E-state index in [-0.39, 0.29) is 5.91 Å². The molecule has 0 saturated carbocycles. The van der Waals surface area contributed by atoms with Crippen molar-refractivity contribution in [1.29, 1.82) is 0 Å². The van der Waals surface area contributed by atoms with Crippen LogP contribution >= 0.6 is 15.9 Å². The number of imidazole rings is 1. The largest absolute Gasteiger partial charge is 0.334 e. The van der Waals surface area contributed by atoms with Crippen LogP contribution in [0, 0.1) is 13.8 Å². The lowest BCUT2D eigenvalue weighted by atomic mass is 10.3. The van der Waals surface area contributed by atoms with E-state index in [0.717, 1.165) is 21.5 Å². The molecule has 0 radical (unpaired) electrons. The van der Waals surface area contributed by atoms with E-state index < -0.39 is 0 Å². The molecule has 1 heterocycles. The van der Waals surface area contributed by atoms with Gasteiger partial charge in [0, 0.05) is 28.8 Å². The first-order valence-corrected chi connectivity index (χ1v) is 6.89. The highest BCUT2D eigenvalue weighted by atomic mass is 79.9. The molecule has 0 aliphatic heterocycles. The summed E-state index contributed by atoms with van der Waals surface area (Å²) in [7, 11) is 0. The Morgan fingerprint density at radius 3 is 2.84 bits per heavy atom. The van der Waals surface area contributed by atoms with Gasteiger partial charge in [-0.25, -0.2) is 4.98 Å². The van der Waals surface area contributed by atoms with E-state index in [1.807, 2.05) is 42.7 Å². The van der Waals surface area contributed by atoms with Crippen LogP contribution in [-0.2, 0) is 11.3 Å². The predicted molar refractivity (Wildman–Crippen MR) is 79.1 cm³/mol. The SMILES string of the molecule is Cc1ncn(CCC(=O)Nc2cccc(Br)c2)c1C. The van der Waals surface area contributed by atoms with Crippen LogP contribution in [0.5, 0.6) is 0 Å². The molecule has 0 fully saturated rings. The molecule has 100 valence electrons. The minimum Gasteiger partial charge on any atom is -0.334 e. The maximum Gasteiger partial charge on any atom is 0.226 e. The Morgan fingerprint density at radius 2 is 2.21 bits per heavy atom. The Hall–Kier alpha value is -1.62. The van der Waals surface area contributed by atoms with Crippen LogP contribution in [0.15, 0.2) is 35.1 Å². The summed E-state index contributed by atoms with van der Waals surface area (Å²) in [6.45, 7) is 4.62. The number of nitrogens with zero attached hydrogens (tertiary/aromatic N) is 2. The quantitative estimate of drug-likeness (QED) is 0.939. The fraction of sp³-hybridized carbons (Fsp3) is 0.286. The van der Waals surface area contributed by atoms with Crippen molar-refractivity contribution in [3.05, 3.63) is 46.5 Å². The third kappa shape index (κ3) is 3.67. The first-order chi connectivity index (χ1) is 9.06. The zero-order valence-electron chi connectivity index (χ0n) is 11.0. The van der Waals surface area contributed by atoms with E-state index in [2.05, 4.69) is 26.2 Å². The van der Waals surface area contributed by atoms with Crippen molar-refractivity contribution < 1.29 is 4.79 Å². The number of carbonyl (C=O) groups excluding carboxylic acids is 1. The molecule has 1 aromatic carbocycles. The summed E-state index contributed by atoms with van der Waals surface area (Å²) in [5.41, 5.74) is 2.92. The lowest BCUT2D eigenvalue weighted by molar-refractivity contribution is -0.116. The molecule has 5 heteroatoms. The van der Waals surface area contributed by atoms with Crippen molar-refractivity contribution in [3.8, 4) is 0 Å². The molecular formula is C14H16BrN3O. The molecule has 4 nitrogen and oxygen atoms in total. The van der Waals surface area contributed by atoms with Gasteiger partial charge in [-0.1, -0.05) is 22.0 Å². The van der Waals surface area contributed by atoms with Gasteiger partial charge in [0.2, 0.25) is 5.91 Å². The van der Waals surface area contributed by atoms with Gasteiger partial charge in [-0.15, -0.1) is 0 Å². The monoisotopic (exact) mass is 321 g/mol. The van der Waals surface area contributed by atoms with Gasteiger partial charge in [0.05, 0.1) is 12.0 Å². The number of benzene rings is 1. The molecule has 0 atom stereocenters. The smallest absolute Gasteiger partial charge is 0.226 e. The number of aryl methyl sites for hydroxylation is 2. The van der Waals surface area contributed by atoms with Gasteiger partial charge in [-0.05, 0) is 32.0 Å². The lowest BCUT2D eigenvalue weighted by Crippen LogP contribution is -2.14. The third-order valence-electron chi connectivity index (χ3n) is 3.03. The average Bonchev–Trinajstić information content (AvgIpc) is 2.68. The number of carbonyl (C=O) groups is 1. The number of rotatable bonds is 4. The van der Waals surface area contributed by atoms with E-state index in [0.29, 0.717) is 13.0 Å². The third-order valence-corrected chi connectivity index (χ3v) is 3.53. The van der Waals surface area contributed by atoms with Crippen molar-refractivity contribution >= 4 is 27.5 Å². The number of hydrogen-bond donors (Lipinski definition) is 1. The molecule has 1 aromatic heterocycles. The minimum atomic E-state index is 0.00357. The number of hydrogen-bond acceptors (Lipinski definition) is 2. The molecule has 1 N–H and O–H groups in total. The topological polar surface area (TPSA) is 46.9 Å². The summed E-state index contributed by atoms with van der Waals surface area (Å²) < 4.78 is 2.95. The second-order valence-electron chi connectivity index (χ2n) is 4.42. The molecule has 0 bridgehead atoms. The van der Waals surface area contributed by atoms with Gasteiger partial charge in [0.25, 0.3) is 0 Å². The molecule has 1 amide bonds. The number of halogens is 1. The summed E-state index contributed by atoms with van der Waals surface area (Å²) in [4.78, 5) is 16.1. The van der Waals surface area contributed by atoms with Gasteiger partial charge < -0.3 is 9.88 Å². The van der Waals surface area contributed by atoms with Crippen LogP contribution in [0.3, 0.4) is 0 Å². The summed E-state index contributed by atoms with van der Waals surface area (Å²) in [5, 5.41) is 2.88. The lowest BCUT2D eigenvalue weighted by Gasteiger charge is -2.07. The number of amides is 1. The van der Waals surface area contributed by atoms with Gasteiger partial charge >= 0.3 is 0 Å². The molecule has 2 rings (SSSR count). The standard InChI is InChI=1S/C14H16BrN3O/c1-10-11(2)18(9-16-10)7-6-14(19)17-13-5-3-4-12(15)8-13/h3-5,8-9H,6-7H2,1-2H3,(H,17,19). The normalized spacial score (nSPS) is 10.5. The van der Waals surface area contributed by atoms with E-state index >= 15 is 0 Å². The highest BCUT2D eigenvalue weighted by Crippen LogP contribution is 2.15. The minimum absolute atomic E-state index is 0.00357. The molecule has 0 unspecified atom stereocenters. The van der Waals surface area contributed by atoms with Crippen molar-refractivity contribution in [2.24, 2.45) is 0 Å². The van der Waals surface area contributed by atoms with Crippen molar-refractivity contribution in [2.75, 3.05) is 5.32 Å². The van der Waals surface area contributed by atoms with Gasteiger partial charge in [-0.2, -0.15) is 0 Å². The van der Waals surface area contributed by atoms with Crippen molar-refractivity contribution in [1.82, 2.24) is 9.55 Å².